The number of nitrogens with zero attached hydrogens (tertiary/aromatic N) is 4. The third kappa shape index (κ3) is 17.7. The third-order valence-corrected chi connectivity index (χ3v) is 7.54. The average Bonchev–Trinajstić information content (AvgIpc) is 3.00. The predicted octanol–water partition coefficient (Wildman–Crippen LogP) is 0.445. The molecule has 5 amide bonds. The molecule has 0 aliphatic carbocycles. The molecule has 3 unspecified atom stereocenters. The van der Waals surface area contributed by atoms with Crippen molar-refractivity contribution >= 4 is 35.5 Å². The summed E-state index contributed by atoms with van der Waals surface area (Å²) in [5.41, 5.74) is 1.08. The Bertz CT molecular complexity index is 1180. The SMILES string of the molecule is CC(=O)N([O-])CCCC1NC(=O)C(CCCN([O-])C(=O)/C=C(/C)CCOC(=O)C(CCCN([O-])C(=O)/C=C(\C)CCO)N(C)C)NC1=O.[Fe+3]. The van der Waals surface area contributed by atoms with E-state index in [1.54, 1.807) is 32.8 Å². The number of esters is 1. The molecule has 3 N–H and O–H groups in total. The molecule has 1 fully saturated rings. The number of rotatable bonds is 21. The number of aliphatic hydroxyl groups is 1. The first-order valence-electron chi connectivity index (χ1n) is 15.9. The summed E-state index contributed by atoms with van der Waals surface area (Å²) < 4.78 is 5.34. The van der Waals surface area contributed by atoms with Crippen molar-refractivity contribution in [3.8, 4) is 0 Å². The first-order chi connectivity index (χ1) is 22.6. The van der Waals surface area contributed by atoms with Crippen molar-refractivity contribution in [3.63, 3.8) is 0 Å². The molecule has 0 bridgehead atoms. The van der Waals surface area contributed by atoms with Gasteiger partial charge in [0.2, 0.25) is 29.5 Å². The van der Waals surface area contributed by atoms with Crippen LogP contribution >= 0.6 is 0 Å². The molecular formula is C31H49FeN6O11. The van der Waals surface area contributed by atoms with Crippen LogP contribution in [0.5, 0.6) is 0 Å². The molecule has 277 valence electrons. The van der Waals surface area contributed by atoms with Gasteiger partial charge in [-0.25, -0.2) is 0 Å². The van der Waals surface area contributed by atoms with Gasteiger partial charge in [0.05, 0.1) is 6.61 Å². The predicted molar refractivity (Wildman–Crippen MR) is 175 cm³/mol. The number of hydroxylamine groups is 6. The largest absolute Gasteiger partial charge is 3.00 e. The van der Waals surface area contributed by atoms with Crippen LogP contribution in [0.2, 0.25) is 0 Å². The van der Waals surface area contributed by atoms with Crippen LogP contribution in [0.4, 0.5) is 0 Å². The molecule has 0 aromatic carbocycles. The summed E-state index contributed by atoms with van der Waals surface area (Å²) in [4.78, 5) is 74.3. The van der Waals surface area contributed by atoms with Gasteiger partial charge in [-0.1, -0.05) is 11.1 Å². The molecule has 17 nitrogen and oxygen atoms in total. The summed E-state index contributed by atoms with van der Waals surface area (Å²) in [6, 6.07) is -2.39. The number of piperazine rings is 1. The molecule has 0 spiro atoms. The van der Waals surface area contributed by atoms with E-state index in [0.29, 0.717) is 16.2 Å². The summed E-state index contributed by atoms with van der Waals surface area (Å²) in [6.45, 7) is 3.76. The van der Waals surface area contributed by atoms with Crippen molar-refractivity contribution in [1.29, 1.82) is 0 Å². The van der Waals surface area contributed by atoms with Crippen LogP contribution in [-0.4, -0.2) is 126 Å². The Morgan fingerprint density at radius 1 is 0.796 bits per heavy atom. The second kappa shape index (κ2) is 23.9. The minimum Gasteiger partial charge on any atom is -0.756 e. The fourth-order valence-corrected chi connectivity index (χ4v) is 4.65. The maximum atomic E-state index is 12.6. The molecule has 1 saturated heterocycles. The van der Waals surface area contributed by atoms with E-state index in [1.807, 2.05) is 0 Å². The van der Waals surface area contributed by atoms with Gasteiger partial charge in [0.25, 0.3) is 0 Å². The topological polar surface area (TPSA) is 238 Å². The van der Waals surface area contributed by atoms with Crippen LogP contribution in [-0.2, 0) is 50.6 Å². The zero-order chi connectivity index (χ0) is 36.4. The zero-order valence-corrected chi connectivity index (χ0v) is 29.9. The van der Waals surface area contributed by atoms with Crippen molar-refractivity contribution in [2.75, 3.05) is 46.9 Å². The van der Waals surface area contributed by atoms with Crippen LogP contribution < -0.4 is 10.6 Å². The number of aliphatic hydroxyl groups excluding tert-OH is 1. The third-order valence-electron chi connectivity index (χ3n) is 7.54. The zero-order valence-electron chi connectivity index (χ0n) is 28.8. The Morgan fingerprint density at radius 3 is 1.69 bits per heavy atom. The van der Waals surface area contributed by atoms with E-state index in [1.165, 1.54) is 6.08 Å². The maximum Gasteiger partial charge on any atom is 3.00 e. The summed E-state index contributed by atoms with van der Waals surface area (Å²) >= 11 is 0. The quantitative estimate of drug-likeness (QED) is 0.0630. The summed E-state index contributed by atoms with van der Waals surface area (Å²) in [6.07, 6.45) is 3.94. The van der Waals surface area contributed by atoms with Crippen LogP contribution in [0, 0.1) is 15.6 Å². The number of carbonyl (C=O) groups excluding carboxylic acids is 6. The first kappa shape index (κ1) is 45.6. The normalized spacial score (nSPS) is 17.0. The van der Waals surface area contributed by atoms with E-state index < -0.39 is 53.6 Å². The minimum atomic E-state index is -0.881. The Labute approximate surface area is 297 Å². The van der Waals surface area contributed by atoms with Gasteiger partial charge in [0, 0.05) is 51.7 Å². The maximum absolute atomic E-state index is 12.6. The number of hydrogen-bond acceptors (Lipinski definition) is 12. The molecule has 1 aliphatic heterocycles. The van der Waals surface area contributed by atoms with Gasteiger partial charge in [-0.2, -0.15) is 0 Å². The molecule has 0 aromatic heterocycles. The van der Waals surface area contributed by atoms with Gasteiger partial charge in [0.1, 0.15) is 18.1 Å². The van der Waals surface area contributed by atoms with Crippen molar-refractivity contribution in [3.05, 3.63) is 38.9 Å². The molecule has 1 aliphatic rings. The monoisotopic (exact) mass is 737 g/mol. The van der Waals surface area contributed by atoms with E-state index in [4.69, 9.17) is 9.84 Å². The Kier molecular flexibility index (Phi) is 22.2. The second-order valence-electron chi connectivity index (χ2n) is 11.9. The van der Waals surface area contributed by atoms with Gasteiger partial charge in [0.15, 0.2) is 0 Å². The van der Waals surface area contributed by atoms with E-state index in [2.05, 4.69) is 10.6 Å². The number of ether oxygens (including phenoxy) is 1. The fraction of sp³-hybridized carbons (Fsp3) is 0.677. The molecule has 0 aromatic rings. The van der Waals surface area contributed by atoms with Crippen LogP contribution in [0.15, 0.2) is 23.3 Å². The van der Waals surface area contributed by atoms with E-state index in [9.17, 15) is 44.4 Å². The Morgan fingerprint density at radius 2 is 1.24 bits per heavy atom. The second-order valence-corrected chi connectivity index (χ2v) is 11.9. The molecule has 0 saturated carbocycles. The minimum absolute atomic E-state index is 0. The van der Waals surface area contributed by atoms with Crippen LogP contribution in [0.3, 0.4) is 0 Å². The van der Waals surface area contributed by atoms with Crippen LogP contribution in [0.1, 0.15) is 72.1 Å². The van der Waals surface area contributed by atoms with Crippen molar-refractivity contribution in [1.82, 2.24) is 30.7 Å². The van der Waals surface area contributed by atoms with Crippen molar-refractivity contribution < 1.29 is 55.7 Å². The smallest absolute Gasteiger partial charge is 0.756 e. The summed E-state index contributed by atoms with van der Waals surface area (Å²) in [5, 5.41) is 50.6. The van der Waals surface area contributed by atoms with Gasteiger partial charge < -0.3 is 51.3 Å². The first-order valence-corrected chi connectivity index (χ1v) is 15.9. The number of hydrogen-bond donors (Lipinski definition) is 3. The molecule has 1 heterocycles. The number of amides is 5. The standard InChI is InChI=1S/C31H49N6O11.Fe/c1-21(12-17-38)19-27(40)37(47)16-8-11-26(34(4)5)31(44)48-18-13-22(2)20-28(41)36(46)15-7-10-25-30(43)32-24(29(42)33-25)9-6-14-35(45)23(3)39;/h19-20,24-26,38H,6-18H2,1-5H3,(H,32,43)(H,33,42);/q-3;+3/b21-19+,22-20-;. The summed E-state index contributed by atoms with van der Waals surface area (Å²) in [7, 11) is 3.35. The molecule has 18 heteroatoms. The van der Waals surface area contributed by atoms with Crippen molar-refractivity contribution in [2.24, 2.45) is 0 Å². The van der Waals surface area contributed by atoms with Gasteiger partial charge in [-0.15, -0.1) is 0 Å². The summed E-state index contributed by atoms with van der Waals surface area (Å²) in [5.74, 6) is -3.62. The van der Waals surface area contributed by atoms with Gasteiger partial charge >= 0.3 is 23.0 Å². The van der Waals surface area contributed by atoms with E-state index in [0.717, 1.165) is 13.0 Å². The molecular weight excluding hydrogens is 688 g/mol. The Hall–Kier alpha value is -3.38. The average molecular weight is 738 g/mol. The van der Waals surface area contributed by atoms with Gasteiger partial charge in [-0.3, -0.25) is 33.7 Å². The molecule has 1 rings (SSSR count). The Balaban J connectivity index is 0.0000230. The fourth-order valence-electron chi connectivity index (χ4n) is 4.65. The number of likely N-dealkylation sites (N-methyl/N-ethyl adjacent to an activating group) is 1. The number of nitrogens with one attached hydrogen (secondary N) is 2. The molecule has 1 radical (unpaired) electrons. The van der Waals surface area contributed by atoms with Crippen molar-refractivity contribution in [2.45, 2.75) is 90.3 Å². The number of carbonyl (C=O) groups is 6. The van der Waals surface area contributed by atoms with Crippen LogP contribution in [0.25, 0.3) is 0 Å². The van der Waals surface area contributed by atoms with E-state index >= 15 is 0 Å². The van der Waals surface area contributed by atoms with Gasteiger partial charge in [-0.05, 0) is 72.9 Å². The van der Waals surface area contributed by atoms with E-state index in [-0.39, 0.29) is 111 Å². The molecule has 3 atom stereocenters. The molecule has 49 heavy (non-hydrogen) atoms.